The van der Waals surface area contributed by atoms with Gasteiger partial charge in [0.15, 0.2) is 0 Å². The lowest BCUT2D eigenvalue weighted by Crippen LogP contribution is -2.34. The highest BCUT2D eigenvalue weighted by atomic mass is 35.5. The van der Waals surface area contributed by atoms with E-state index in [1.54, 1.807) is 0 Å². The van der Waals surface area contributed by atoms with E-state index in [2.05, 4.69) is 5.32 Å². The van der Waals surface area contributed by atoms with Crippen molar-refractivity contribution in [1.82, 2.24) is 5.32 Å². The van der Waals surface area contributed by atoms with Crippen molar-refractivity contribution in [2.75, 3.05) is 6.54 Å². The summed E-state index contributed by atoms with van der Waals surface area (Å²) in [6.07, 6.45) is 0.214. The molecule has 2 rings (SSSR count). The van der Waals surface area contributed by atoms with Gasteiger partial charge in [0.1, 0.15) is 11.9 Å². The molecule has 0 radical (unpaired) electrons. The standard InChI is InChI=1S/C13H14ClFN2O3/c14-8-2-1-3-9(15)11(8)13(19)17-6-7-4-5-10(20-7)12(16)18/h1-3,7,10H,4-6H2,(H2,16,18)(H,17,19)/t7-,10-/m0/s1. The summed E-state index contributed by atoms with van der Waals surface area (Å²) in [5.74, 6) is -1.81. The molecule has 0 saturated carbocycles. The van der Waals surface area contributed by atoms with Gasteiger partial charge in [0.05, 0.1) is 16.7 Å². The smallest absolute Gasteiger partial charge is 0.255 e. The first-order valence-electron chi connectivity index (χ1n) is 6.16. The second-order valence-electron chi connectivity index (χ2n) is 4.53. The normalized spacial score (nSPS) is 21.7. The molecule has 0 bridgehead atoms. The zero-order valence-corrected chi connectivity index (χ0v) is 11.3. The van der Waals surface area contributed by atoms with Gasteiger partial charge in [0, 0.05) is 6.54 Å². The Kier molecular flexibility index (Phi) is 4.57. The third-order valence-corrected chi connectivity index (χ3v) is 3.42. The van der Waals surface area contributed by atoms with E-state index in [4.69, 9.17) is 22.1 Å². The second kappa shape index (κ2) is 6.19. The van der Waals surface area contributed by atoms with Crippen molar-refractivity contribution in [3.63, 3.8) is 0 Å². The Balaban J connectivity index is 1.92. The van der Waals surface area contributed by atoms with Crippen molar-refractivity contribution < 1.29 is 18.7 Å². The largest absolute Gasteiger partial charge is 0.367 e. The van der Waals surface area contributed by atoms with E-state index in [0.29, 0.717) is 12.8 Å². The Morgan fingerprint density at radius 1 is 1.45 bits per heavy atom. The minimum Gasteiger partial charge on any atom is -0.367 e. The molecule has 0 aliphatic carbocycles. The van der Waals surface area contributed by atoms with E-state index < -0.39 is 23.7 Å². The number of amides is 2. The van der Waals surface area contributed by atoms with Gasteiger partial charge in [-0.2, -0.15) is 0 Å². The molecule has 7 heteroatoms. The Morgan fingerprint density at radius 2 is 2.20 bits per heavy atom. The number of rotatable bonds is 4. The molecular weight excluding hydrogens is 287 g/mol. The lowest BCUT2D eigenvalue weighted by atomic mass is 10.1. The maximum absolute atomic E-state index is 13.5. The molecule has 108 valence electrons. The highest BCUT2D eigenvalue weighted by Crippen LogP contribution is 2.20. The van der Waals surface area contributed by atoms with E-state index in [9.17, 15) is 14.0 Å². The van der Waals surface area contributed by atoms with Gasteiger partial charge in [-0.3, -0.25) is 9.59 Å². The molecule has 2 atom stereocenters. The predicted molar refractivity (Wildman–Crippen MR) is 70.8 cm³/mol. The van der Waals surface area contributed by atoms with Crippen LogP contribution in [0.4, 0.5) is 4.39 Å². The van der Waals surface area contributed by atoms with Gasteiger partial charge in [-0.1, -0.05) is 17.7 Å². The Morgan fingerprint density at radius 3 is 2.80 bits per heavy atom. The first-order chi connectivity index (χ1) is 9.49. The minimum atomic E-state index is -0.683. The van der Waals surface area contributed by atoms with Crippen LogP contribution in [0, 0.1) is 5.82 Å². The van der Waals surface area contributed by atoms with Gasteiger partial charge in [-0.05, 0) is 25.0 Å². The molecule has 0 aromatic heterocycles. The number of carbonyl (C=O) groups is 2. The SMILES string of the molecule is NC(=O)[C@@H]1CC[C@@H](CNC(=O)c2c(F)cccc2Cl)O1. The average Bonchev–Trinajstić information content (AvgIpc) is 2.85. The maximum atomic E-state index is 13.5. The lowest BCUT2D eigenvalue weighted by molar-refractivity contribution is -0.128. The Labute approximate surface area is 120 Å². The molecule has 1 aromatic carbocycles. The monoisotopic (exact) mass is 300 g/mol. The molecule has 1 heterocycles. The van der Waals surface area contributed by atoms with Gasteiger partial charge >= 0.3 is 0 Å². The van der Waals surface area contributed by atoms with Crippen LogP contribution >= 0.6 is 11.6 Å². The summed E-state index contributed by atoms with van der Waals surface area (Å²) < 4.78 is 18.9. The summed E-state index contributed by atoms with van der Waals surface area (Å²) in [5.41, 5.74) is 4.93. The van der Waals surface area contributed by atoms with Crippen LogP contribution in [0.25, 0.3) is 0 Å². The first kappa shape index (κ1) is 14.7. The summed E-state index contributed by atoms with van der Waals surface area (Å²) in [5, 5.41) is 2.59. The van der Waals surface area contributed by atoms with Crippen molar-refractivity contribution in [2.24, 2.45) is 5.73 Å². The number of hydrogen-bond acceptors (Lipinski definition) is 3. The van der Waals surface area contributed by atoms with Crippen LogP contribution in [0.15, 0.2) is 18.2 Å². The summed E-state index contributed by atoms with van der Waals surface area (Å²) in [7, 11) is 0. The van der Waals surface area contributed by atoms with Gasteiger partial charge in [-0.15, -0.1) is 0 Å². The molecule has 3 N–H and O–H groups in total. The molecule has 1 fully saturated rings. The Bertz CT molecular complexity index is 518. The summed E-state index contributed by atoms with van der Waals surface area (Å²) in [6, 6.07) is 4.02. The molecule has 5 nitrogen and oxygen atoms in total. The number of primary amides is 1. The van der Waals surface area contributed by atoms with Crippen molar-refractivity contribution in [1.29, 1.82) is 0 Å². The number of nitrogens with one attached hydrogen (secondary N) is 1. The molecule has 20 heavy (non-hydrogen) atoms. The van der Waals surface area contributed by atoms with E-state index >= 15 is 0 Å². The molecule has 1 aliphatic heterocycles. The van der Waals surface area contributed by atoms with E-state index in [1.165, 1.54) is 12.1 Å². The summed E-state index contributed by atoms with van der Waals surface area (Å²) in [6.45, 7) is 0.174. The van der Waals surface area contributed by atoms with Crippen molar-refractivity contribution >= 4 is 23.4 Å². The van der Waals surface area contributed by atoms with Crippen LogP contribution in [0.3, 0.4) is 0 Å². The molecule has 1 aliphatic rings. The number of carbonyl (C=O) groups excluding carboxylic acids is 2. The van der Waals surface area contributed by atoms with Crippen LogP contribution < -0.4 is 11.1 Å². The zero-order valence-electron chi connectivity index (χ0n) is 10.6. The van der Waals surface area contributed by atoms with Crippen LogP contribution in [0.1, 0.15) is 23.2 Å². The summed E-state index contributed by atoms with van der Waals surface area (Å²) >= 11 is 5.79. The topological polar surface area (TPSA) is 81.4 Å². The first-order valence-corrected chi connectivity index (χ1v) is 6.54. The fraction of sp³-hybridized carbons (Fsp3) is 0.385. The maximum Gasteiger partial charge on any atom is 0.255 e. The van der Waals surface area contributed by atoms with Crippen LogP contribution in [0.5, 0.6) is 0 Å². The van der Waals surface area contributed by atoms with Gasteiger partial charge in [0.25, 0.3) is 5.91 Å². The van der Waals surface area contributed by atoms with Crippen molar-refractivity contribution in [3.05, 3.63) is 34.6 Å². The van der Waals surface area contributed by atoms with Crippen molar-refractivity contribution in [2.45, 2.75) is 25.0 Å². The van der Waals surface area contributed by atoms with Gasteiger partial charge in [0.2, 0.25) is 5.91 Å². The average molecular weight is 301 g/mol. The number of benzene rings is 1. The number of hydrogen-bond donors (Lipinski definition) is 2. The fourth-order valence-electron chi connectivity index (χ4n) is 2.07. The molecule has 2 amide bonds. The Hall–Kier alpha value is -1.66. The van der Waals surface area contributed by atoms with E-state index in [0.717, 1.165) is 6.07 Å². The van der Waals surface area contributed by atoms with E-state index in [1.807, 2.05) is 0 Å². The van der Waals surface area contributed by atoms with Crippen LogP contribution in [-0.2, 0) is 9.53 Å². The molecule has 0 unspecified atom stereocenters. The van der Waals surface area contributed by atoms with Gasteiger partial charge in [-0.25, -0.2) is 4.39 Å². The highest BCUT2D eigenvalue weighted by molar-refractivity contribution is 6.33. The van der Waals surface area contributed by atoms with E-state index in [-0.39, 0.29) is 23.2 Å². The molecular formula is C13H14ClFN2O3. The number of nitrogens with two attached hydrogens (primary N) is 1. The van der Waals surface area contributed by atoms with Crippen LogP contribution in [-0.4, -0.2) is 30.6 Å². The predicted octanol–water partition coefficient (Wildman–Crippen LogP) is 1.24. The van der Waals surface area contributed by atoms with Crippen LogP contribution in [0.2, 0.25) is 5.02 Å². The minimum absolute atomic E-state index is 0.0462. The third kappa shape index (κ3) is 3.26. The third-order valence-electron chi connectivity index (χ3n) is 3.10. The van der Waals surface area contributed by atoms with Crippen molar-refractivity contribution in [3.8, 4) is 0 Å². The summed E-state index contributed by atoms with van der Waals surface area (Å²) in [4.78, 5) is 22.8. The molecule has 1 aromatic rings. The lowest BCUT2D eigenvalue weighted by Gasteiger charge is -2.13. The quantitative estimate of drug-likeness (QED) is 0.878. The van der Waals surface area contributed by atoms with Gasteiger partial charge < -0.3 is 15.8 Å². The highest BCUT2D eigenvalue weighted by Gasteiger charge is 2.29. The molecule has 1 saturated heterocycles. The zero-order chi connectivity index (χ0) is 14.7. The number of ether oxygens (including phenoxy) is 1. The fourth-order valence-corrected chi connectivity index (χ4v) is 2.32. The number of halogens is 2. The second-order valence-corrected chi connectivity index (χ2v) is 4.94. The molecule has 0 spiro atoms.